The molecule has 1 aromatic carbocycles. The van der Waals surface area contributed by atoms with E-state index in [1.54, 1.807) is 26.8 Å². The predicted molar refractivity (Wildman–Crippen MR) is 66.6 cm³/mol. The maximum atomic E-state index is 11.9. The molecule has 0 saturated heterocycles. The monoisotopic (exact) mass is 251 g/mol. The number of nitrogens with one attached hydrogen (secondary N) is 1. The lowest BCUT2D eigenvalue weighted by atomic mass is 10.0. The zero-order chi connectivity index (χ0) is 13.9. The molecule has 1 rings (SSSR count). The molecule has 1 unspecified atom stereocenters. The molecular formula is C13H17NO4. The van der Waals surface area contributed by atoms with Crippen LogP contribution in [-0.2, 0) is 4.79 Å². The largest absolute Gasteiger partial charge is 0.507 e. The first-order chi connectivity index (χ1) is 8.32. The molecule has 0 fully saturated rings. The normalized spacial score (nSPS) is 12.2. The Labute approximate surface area is 105 Å². The Morgan fingerprint density at radius 2 is 1.89 bits per heavy atom. The van der Waals surface area contributed by atoms with E-state index in [9.17, 15) is 14.7 Å². The first kappa shape index (κ1) is 14.0. The van der Waals surface area contributed by atoms with Crippen molar-refractivity contribution < 1.29 is 19.8 Å². The van der Waals surface area contributed by atoms with Gasteiger partial charge in [-0.1, -0.05) is 19.9 Å². The highest BCUT2D eigenvalue weighted by atomic mass is 16.4. The third kappa shape index (κ3) is 3.23. The van der Waals surface area contributed by atoms with Gasteiger partial charge in [0.2, 0.25) is 0 Å². The van der Waals surface area contributed by atoms with E-state index in [1.807, 2.05) is 0 Å². The van der Waals surface area contributed by atoms with Crippen molar-refractivity contribution >= 4 is 11.9 Å². The van der Waals surface area contributed by atoms with E-state index in [2.05, 4.69) is 5.32 Å². The van der Waals surface area contributed by atoms with Gasteiger partial charge >= 0.3 is 5.97 Å². The molecule has 3 N–H and O–H groups in total. The molecule has 0 aliphatic carbocycles. The SMILES string of the molecule is Cc1ccc(C(=O)NC(C(=O)O)C(C)C)c(O)c1. The van der Waals surface area contributed by atoms with Crippen LogP contribution in [0.3, 0.4) is 0 Å². The van der Waals surface area contributed by atoms with Gasteiger partial charge in [-0.2, -0.15) is 0 Å². The number of hydrogen-bond donors (Lipinski definition) is 3. The van der Waals surface area contributed by atoms with Crippen LogP contribution >= 0.6 is 0 Å². The van der Waals surface area contributed by atoms with E-state index in [4.69, 9.17) is 5.11 Å². The average Bonchev–Trinajstić information content (AvgIpc) is 2.24. The Balaban J connectivity index is 2.91. The minimum absolute atomic E-state index is 0.0764. The molecule has 0 radical (unpaired) electrons. The number of carbonyl (C=O) groups is 2. The van der Waals surface area contributed by atoms with Gasteiger partial charge < -0.3 is 15.5 Å². The number of carboxylic acid groups (broad SMARTS) is 1. The highest BCUT2D eigenvalue weighted by Gasteiger charge is 2.24. The van der Waals surface area contributed by atoms with Gasteiger partial charge in [-0.15, -0.1) is 0 Å². The van der Waals surface area contributed by atoms with Crippen LogP contribution in [0.5, 0.6) is 5.75 Å². The Hall–Kier alpha value is -2.04. The fourth-order valence-electron chi connectivity index (χ4n) is 1.57. The van der Waals surface area contributed by atoms with Crippen molar-refractivity contribution in [3.63, 3.8) is 0 Å². The van der Waals surface area contributed by atoms with Crippen LogP contribution in [0, 0.1) is 12.8 Å². The van der Waals surface area contributed by atoms with Crippen LogP contribution in [0.25, 0.3) is 0 Å². The summed E-state index contributed by atoms with van der Waals surface area (Å²) in [7, 11) is 0. The molecule has 1 aromatic rings. The van der Waals surface area contributed by atoms with E-state index in [-0.39, 0.29) is 17.2 Å². The third-order valence-corrected chi connectivity index (χ3v) is 2.62. The van der Waals surface area contributed by atoms with Crippen molar-refractivity contribution in [2.75, 3.05) is 0 Å². The summed E-state index contributed by atoms with van der Waals surface area (Å²) >= 11 is 0. The number of benzene rings is 1. The smallest absolute Gasteiger partial charge is 0.326 e. The molecule has 18 heavy (non-hydrogen) atoms. The molecule has 98 valence electrons. The molecule has 0 aliphatic rings. The molecule has 0 aromatic heterocycles. The van der Waals surface area contributed by atoms with Gasteiger partial charge in [-0.3, -0.25) is 4.79 Å². The lowest BCUT2D eigenvalue weighted by molar-refractivity contribution is -0.140. The first-order valence-corrected chi connectivity index (χ1v) is 5.66. The van der Waals surface area contributed by atoms with Crippen LogP contribution in [0.2, 0.25) is 0 Å². The van der Waals surface area contributed by atoms with Gasteiger partial charge in [0.15, 0.2) is 0 Å². The standard InChI is InChI=1S/C13H17NO4/c1-7(2)11(13(17)18)14-12(16)9-5-4-8(3)6-10(9)15/h4-7,11,15H,1-3H3,(H,14,16)(H,17,18). The fourth-order valence-corrected chi connectivity index (χ4v) is 1.57. The summed E-state index contributed by atoms with van der Waals surface area (Å²) < 4.78 is 0. The minimum Gasteiger partial charge on any atom is -0.507 e. The molecule has 5 heteroatoms. The second-order valence-corrected chi connectivity index (χ2v) is 4.55. The average molecular weight is 251 g/mol. The number of phenolic OH excluding ortho intramolecular Hbond substituents is 1. The molecule has 5 nitrogen and oxygen atoms in total. The van der Waals surface area contributed by atoms with Gasteiger partial charge in [0.25, 0.3) is 5.91 Å². The van der Waals surface area contributed by atoms with Crippen molar-refractivity contribution in [2.24, 2.45) is 5.92 Å². The number of carbonyl (C=O) groups excluding carboxylic acids is 1. The number of hydrogen-bond acceptors (Lipinski definition) is 3. The number of aliphatic carboxylic acids is 1. The summed E-state index contributed by atoms with van der Waals surface area (Å²) in [6.07, 6.45) is 0. The van der Waals surface area contributed by atoms with Crippen LogP contribution in [-0.4, -0.2) is 28.1 Å². The number of phenols is 1. The van der Waals surface area contributed by atoms with E-state index < -0.39 is 17.9 Å². The molecule has 0 spiro atoms. The predicted octanol–water partition coefficient (Wildman–Crippen LogP) is 1.54. The van der Waals surface area contributed by atoms with Gasteiger partial charge in [0.1, 0.15) is 11.8 Å². The zero-order valence-electron chi connectivity index (χ0n) is 10.6. The second kappa shape index (κ2) is 5.53. The molecule has 0 saturated carbocycles. The van der Waals surface area contributed by atoms with Gasteiger partial charge in [0.05, 0.1) is 5.56 Å². The lowest BCUT2D eigenvalue weighted by Crippen LogP contribution is -2.44. The number of aromatic hydroxyl groups is 1. The maximum Gasteiger partial charge on any atom is 0.326 e. The minimum atomic E-state index is -1.09. The van der Waals surface area contributed by atoms with Crippen LogP contribution in [0.1, 0.15) is 29.8 Å². The molecule has 1 atom stereocenters. The van der Waals surface area contributed by atoms with E-state index >= 15 is 0 Å². The van der Waals surface area contributed by atoms with Crippen LogP contribution in [0.15, 0.2) is 18.2 Å². The zero-order valence-corrected chi connectivity index (χ0v) is 10.6. The number of rotatable bonds is 4. The van der Waals surface area contributed by atoms with E-state index in [1.165, 1.54) is 12.1 Å². The van der Waals surface area contributed by atoms with E-state index in [0.29, 0.717) is 0 Å². The Bertz CT molecular complexity index is 468. The Morgan fingerprint density at radius 3 is 2.33 bits per heavy atom. The molecular weight excluding hydrogens is 234 g/mol. The summed E-state index contributed by atoms with van der Waals surface area (Å²) in [6, 6.07) is 3.64. The van der Waals surface area contributed by atoms with Gasteiger partial charge in [0, 0.05) is 0 Å². The Morgan fingerprint density at radius 1 is 1.28 bits per heavy atom. The number of amides is 1. The first-order valence-electron chi connectivity index (χ1n) is 5.66. The summed E-state index contributed by atoms with van der Waals surface area (Å²) in [5.74, 6) is -2.07. The van der Waals surface area contributed by atoms with Crippen molar-refractivity contribution in [1.82, 2.24) is 5.32 Å². The van der Waals surface area contributed by atoms with Crippen molar-refractivity contribution in [2.45, 2.75) is 26.8 Å². The highest BCUT2D eigenvalue weighted by Crippen LogP contribution is 2.18. The molecule has 0 bridgehead atoms. The van der Waals surface area contributed by atoms with Crippen molar-refractivity contribution in [1.29, 1.82) is 0 Å². The number of carboxylic acids is 1. The molecule has 1 amide bonds. The summed E-state index contributed by atoms with van der Waals surface area (Å²) in [5.41, 5.74) is 0.898. The molecule has 0 aliphatic heterocycles. The summed E-state index contributed by atoms with van der Waals surface area (Å²) in [4.78, 5) is 22.8. The van der Waals surface area contributed by atoms with Gasteiger partial charge in [-0.05, 0) is 30.5 Å². The molecule has 0 heterocycles. The fraction of sp³-hybridized carbons (Fsp3) is 0.385. The quantitative estimate of drug-likeness (QED) is 0.757. The van der Waals surface area contributed by atoms with Crippen molar-refractivity contribution in [3.05, 3.63) is 29.3 Å². The summed E-state index contributed by atoms with van der Waals surface area (Å²) in [5, 5.41) is 21.0. The third-order valence-electron chi connectivity index (χ3n) is 2.62. The van der Waals surface area contributed by atoms with Crippen LogP contribution < -0.4 is 5.32 Å². The van der Waals surface area contributed by atoms with Gasteiger partial charge in [-0.25, -0.2) is 4.79 Å². The van der Waals surface area contributed by atoms with E-state index in [0.717, 1.165) is 5.56 Å². The topological polar surface area (TPSA) is 86.6 Å². The Kier molecular flexibility index (Phi) is 4.31. The highest BCUT2D eigenvalue weighted by molar-refractivity contribution is 5.98. The summed E-state index contributed by atoms with van der Waals surface area (Å²) in [6.45, 7) is 5.19. The van der Waals surface area contributed by atoms with Crippen molar-refractivity contribution in [3.8, 4) is 5.75 Å². The second-order valence-electron chi connectivity index (χ2n) is 4.55. The lowest BCUT2D eigenvalue weighted by Gasteiger charge is -2.18. The maximum absolute atomic E-state index is 11.9. The van der Waals surface area contributed by atoms with Crippen LogP contribution in [0.4, 0.5) is 0 Å². The number of aryl methyl sites for hydroxylation is 1.